The second kappa shape index (κ2) is 3.88. The zero-order valence-electron chi connectivity index (χ0n) is 6.07. The second-order valence-corrected chi connectivity index (χ2v) is 2.51. The smallest absolute Gasteiger partial charge is 0.328 e. The number of carboxylic acid groups (broad SMARTS) is 1. The predicted molar refractivity (Wildman–Crippen MR) is 45.9 cm³/mol. The Labute approximate surface area is 74.3 Å². The molecule has 0 spiro atoms. The topological polar surface area (TPSA) is 50.2 Å². The van der Waals surface area contributed by atoms with Crippen LogP contribution in [0.3, 0.4) is 0 Å². The minimum absolute atomic E-state index is 0.530. The standard InChI is InChI=1S/C8H6ClNO2/c9-6-1-2-7(10-5-6)3-4-8(11)12/h1-5H,(H,11,12). The number of carbonyl (C=O) groups is 1. The minimum atomic E-state index is -0.994. The molecule has 1 rings (SSSR count). The van der Waals surface area contributed by atoms with E-state index in [9.17, 15) is 4.79 Å². The number of nitrogens with zero attached hydrogens (tertiary/aromatic N) is 1. The molecule has 0 aliphatic heterocycles. The molecule has 4 heteroatoms. The van der Waals surface area contributed by atoms with Gasteiger partial charge in [0.05, 0.1) is 10.7 Å². The third-order valence-corrected chi connectivity index (χ3v) is 1.37. The highest BCUT2D eigenvalue weighted by molar-refractivity contribution is 6.30. The lowest BCUT2D eigenvalue weighted by atomic mass is 10.3. The van der Waals surface area contributed by atoms with E-state index in [-0.39, 0.29) is 0 Å². The first kappa shape index (κ1) is 8.74. The molecule has 3 nitrogen and oxygen atoms in total. The Morgan fingerprint density at radius 1 is 1.58 bits per heavy atom. The summed E-state index contributed by atoms with van der Waals surface area (Å²) in [4.78, 5) is 14.0. The van der Waals surface area contributed by atoms with Gasteiger partial charge in [-0.05, 0) is 18.2 Å². The average Bonchev–Trinajstić information content (AvgIpc) is 2.03. The molecule has 0 atom stereocenters. The lowest BCUT2D eigenvalue weighted by Gasteiger charge is -1.90. The van der Waals surface area contributed by atoms with E-state index in [1.807, 2.05) is 0 Å². The fourth-order valence-electron chi connectivity index (χ4n) is 0.643. The lowest BCUT2D eigenvalue weighted by Crippen LogP contribution is -1.86. The monoisotopic (exact) mass is 183 g/mol. The van der Waals surface area contributed by atoms with Crippen molar-refractivity contribution in [1.29, 1.82) is 0 Å². The van der Waals surface area contributed by atoms with Crippen molar-refractivity contribution in [1.82, 2.24) is 4.98 Å². The van der Waals surface area contributed by atoms with E-state index >= 15 is 0 Å². The van der Waals surface area contributed by atoms with Gasteiger partial charge in [-0.15, -0.1) is 0 Å². The number of aromatic nitrogens is 1. The van der Waals surface area contributed by atoms with Crippen molar-refractivity contribution in [3.05, 3.63) is 35.1 Å². The van der Waals surface area contributed by atoms with E-state index in [0.29, 0.717) is 10.7 Å². The number of aliphatic carboxylic acids is 1. The molecule has 1 aromatic heterocycles. The molecule has 1 N–H and O–H groups in total. The third-order valence-electron chi connectivity index (χ3n) is 1.15. The van der Waals surface area contributed by atoms with Crippen LogP contribution in [0.15, 0.2) is 24.4 Å². The van der Waals surface area contributed by atoms with Gasteiger partial charge < -0.3 is 5.11 Å². The molecular formula is C8H6ClNO2. The summed E-state index contributed by atoms with van der Waals surface area (Å²) in [6, 6.07) is 3.29. The Balaban J connectivity index is 2.77. The van der Waals surface area contributed by atoms with Crippen LogP contribution in [0.2, 0.25) is 5.02 Å². The lowest BCUT2D eigenvalue weighted by molar-refractivity contribution is -0.131. The van der Waals surface area contributed by atoms with E-state index in [1.54, 1.807) is 12.1 Å². The molecule has 0 fully saturated rings. The van der Waals surface area contributed by atoms with Crippen LogP contribution in [0.5, 0.6) is 0 Å². The van der Waals surface area contributed by atoms with Crippen LogP contribution in [0, 0.1) is 0 Å². The fourth-order valence-corrected chi connectivity index (χ4v) is 0.754. The largest absolute Gasteiger partial charge is 0.478 e. The van der Waals surface area contributed by atoms with Crippen LogP contribution in [-0.2, 0) is 4.79 Å². The van der Waals surface area contributed by atoms with E-state index in [0.717, 1.165) is 6.08 Å². The van der Waals surface area contributed by atoms with Crippen molar-refractivity contribution in [3.8, 4) is 0 Å². The molecular weight excluding hydrogens is 178 g/mol. The Bertz CT molecular complexity index is 305. The highest BCUT2D eigenvalue weighted by atomic mass is 35.5. The zero-order valence-corrected chi connectivity index (χ0v) is 6.82. The van der Waals surface area contributed by atoms with E-state index < -0.39 is 5.97 Å². The van der Waals surface area contributed by atoms with Gasteiger partial charge in [0.2, 0.25) is 0 Å². The molecule has 0 saturated heterocycles. The van der Waals surface area contributed by atoms with Crippen LogP contribution >= 0.6 is 11.6 Å². The summed E-state index contributed by atoms with van der Waals surface area (Å²) in [5, 5.41) is 8.82. The first-order valence-electron chi connectivity index (χ1n) is 3.21. The maximum Gasteiger partial charge on any atom is 0.328 e. The van der Waals surface area contributed by atoms with Gasteiger partial charge in [0.25, 0.3) is 0 Å². The van der Waals surface area contributed by atoms with Crippen molar-refractivity contribution < 1.29 is 9.90 Å². The van der Waals surface area contributed by atoms with Gasteiger partial charge in [-0.2, -0.15) is 0 Å². The van der Waals surface area contributed by atoms with E-state index in [2.05, 4.69) is 4.98 Å². The molecule has 1 aromatic rings. The molecule has 0 aliphatic carbocycles. The number of hydrogen-bond acceptors (Lipinski definition) is 2. The van der Waals surface area contributed by atoms with Gasteiger partial charge in [0.15, 0.2) is 0 Å². The zero-order chi connectivity index (χ0) is 8.97. The molecule has 0 amide bonds. The van der Waals surface area contributed by atoms with Crippen LogP contribution in [-0.4, -0.2) is 16.1 Å². The number of halogens is 1. The van der Waals surface area contributed by atoms with Crippen molar-refractivity contribution in [2.75, 3.05) is 0 Å². The van der Waals surface area contributed by atoms with Gasteiger partial charge >= 0.3 is 5.97 Å². The van der Waals surface area contributed by atoms with Crippen molar-refractivity contribution in [2.45, 2.75) is 0 Å². The van der Waals surface area contributed by atoms with Crippen LogP contribution in [0.1, 0.15) is 5.69 Å². The second-order valence-electron chi connectivity index (χ2n) is 2.07. The maximum absolute atomic E-state index is 10.1. The van der Waals surface area contributed by atoms with Gasteiger partial charge in [-0.25, -0.2) is 4.79 Å². The van der Waals surface area contributed by atoms with Crippen LogP contribution in [0.4, 0.5) is 0 Å². The van der Waals surface area contributed by atoms with Gasteiger partial charge in [0.1, 0.15) is 0 Å². The summed E-state index contributed by atoms with van der Waals surface area (Å²) in [6.45, 7) is 0. The summed E-state index contributed by atoms with van der Waals surface area (Å²) < 4.78 is 0. The van der Waals surface area contributed by atoms with Gasteiger partial charge in [-0.3, -0.25) is 4.98 Å². The quantitative estimate of drug-likeness (QED) is 0.712. The molecule has 0 saturated carbocycles. The van der Waals surface area contributed by atoms with E-state index in [4.69, 9.17) is 16.7 Å². The number of carboxylic acids is 1. The van der Waals surface area contributed by atoms with Crippen LogP contribution < -0.4 is 0 Å². The normalized spacial score (nSPS) is 10.4. The number of hydrogen-bond donors (Lipinski definition) is 1. The Hall–Kier alpha value is -1.35. The molecule has 0 aromatic carbocycles. The highest BCUT2D eigenvalue weighted by Crippen LogP contribution is 2.06. The Morgan fingerprint density at radius 3 is 2.83 bits per heavy atom. The summed E-state index contributed by atoms with van der Waals surface area (Å²) in [5.41, 5.74) is 0.571. The first-order chi connectivity index (χ1) is 5.68. The van der Waals surface area contributed by atoms with Crippen molar-refractivity contribution >= 4 is 23.6 Å². The van der Waals surface area contributed by atoms with Gasteiger partial charge in [-0.1, -0.05) is 11.6 Å². The predicted octanol–water partition coefficient (Wildman–Crippen LogP) is 1.83. The average molecular weight is 184 g/mol. The molecule has 62 valence electrons. The SMILES string of the molecule is O=C(O)C=Cc1ccc(Cl)cn1. The summed E-state index contributed by atoms with van der Waals surface area (Å²) in [6.07, 6.45) is 3.89. The molecule has 0 aliphatic rings. The molecule has 0 bridgehead atoms. The molecule has 0 radical (unpaired) electrons. The van der Waals surface area contributed by atoms with Crippen molar-refractivity contribution in [2.24, 2.45) is 0 Å². The Kier molecular flexibility index (Phi) is 2.82. The Morgan fingerprint density at radius 2 is 2.33 bits per heavy atom. The summed E-state index contributed by atoms with van der Waals surface area (Å²) in [7, 11) is 0. The molecule has 12 heavy (non-hydrogen) atoms. The molecule has 0 unspecified atom stereocenters. The summed E-state index contributed by atoms with van der Waals surface area (Å²) >= 11 is 5.57. The third kappa shape index (κ3) is 2.72. The fraction of sp³-hybridized carbons (Fsp3) is 0. The van der Waals surface area contributed by atoms with Crippen LogP contribution in [0.25, 0.3) is 6.08 Å². The number of pyridine rings is 1. The first-order valence-corrected chi connectivity index (χ1v) is 3.59. The number of rotatable bonds is 2. The highest BCUT2D eigenvalue weighted by Gasteiger charge is 1.90. The maximum atomic E-state index is 10.1. The minimum Gasteiger partial charge on any atom is -0.478 e. The summed E-state index contributed by atoms with van der Waals surface area (Å²) in [5.74, 6) is -0.994. The molecule has 1 heterocycles. The van der Waals surface area contributed by atoms with Gasteiger partial charge in [0, 0.05) is 12.3 Å². The van der Waals surface area contributed by atoms with E-state index in [1.165, 1.54) is 12.3 Å². The van der Waals surface area contributed by atoms with Crippen molar-refractivity contribution in [3.63, 3.8) is 0 Å².